The van der Waals surface area contributed by atoms with E-state index in [0.29, 0.717) is 39.3 Å². The van der Waals surface area contributed by atoms with E-state index >= 15 is 0 Å². The first-order valence-corrected chi connectivity index (χ1v) is 15.9. The lowest BCUT2D eigenvalue weighted by atomic mass is 9.81. The molecule has 10 nitrogen and oxygen atoms in total. The number of halogens is 4. The van der Waals surface area contributed by atoms with Gasteiger partial charge in [-0.25, -0.2) is 4.39 Å². The monoisotopic (exact) mass is 675 g/mol. The van der Waals surface area contributed by atoms with E-state index in [9.17, 15) is 22.4 Å². The molecule has 2 aromatic carbocycles. The molecule has 2 aliphatic rings. The summed E-state index contributed by atoms with van der Waals surface area (Å²) in [7, 11) is 2.90. The highest BCUT2D eigenvalue weighted by atomic mass is 19.4. The summed E-state index contributed by atoms with van der Waals surface area (Å²) >= 11 is 0. The fourth-order valence-corrected chi connectivity index (χ4v) is 6.58. The Morgan fingerprint density at radius 1 is 0.896 bits per heavy atom. The Morgan fingerprint density at radius 2 is 1.56 bits per heavy atom. The van der Waals surface area contributed by atoms with E-state index in [1.807, 2.05) is 41.3 Å². The van der Waals surface area contributed by atoms with Crippen LogP contribution in [0.5, 0.6) is 17.8 Å². The zero-order valence-electron chi connectivity index (χ0n) is 27.1. The maximum Gasteiger partial charge on any atom is 0.422 e. The van der Waals surface area contributed by atoms with Crippen LogP contribution in [0.1, 0.15) is 29.0 Å². The maximum absolute atomic E-state index is 13.3. The molecule has 2 fully saturated rings. The van der Waals surface area contributed by atoms with Crippen molar-refractivity contribution in [3.05, 3.63) is 77.4 Å². The SMILES string of the molecule is COCCC(=O)N1CCN2C(CN(Cc3c(OC)nc(OCCF)nc3OCC(F)(F)F)CC2C(c2ccccc2)c2ccccc2)C1. The van der Waals surface area contributed by atoms with E-state index in [-0.39, 0.29) is 66.8 Å². The third-order valence-corrected chi connectivity index (χ3v) is 8.61. The number of aromatic nitrogens is 2. The second kappa shape index (κ2) is 16.4. The number of piperazine rings is 2. The minimum atomic E-state index is -4.63. The maximum atomic E-state index is 13.3. The Balaban J connectivity index is 1.52. The molecule has 1 aromatic heterocycles. The number of ether oxygens (including phenoxy) is 4. The summed E-state index contributed by atoms with van der Waals surface area (Å²) in [5.74, 6) is -0.425. The minimum Gasteiger partial charge on any atom is -0.481 e. The average Bonchev–Trinajstić information content (AvgIpc) is 3.09. The zero-order valence-corrected chi connectivity index (χ0v) is 27.1. The van der Waals surface area contributed by atoms with Crippen molar-refractivity contribution in [2.24, 2.45) is 0 Å². The molecule has 0 aliphatic carbocycles. The third-order valence-electron chi connectivity index (χ3n) is 8.61. The van der Waals surface area contributed by atoms with Crippen molar-refractivity contribution >= 4 is 5.91 Å². The summed E-state index contributed by atoms with van der Waals surface area (Å²) in [5, 5.41) is 0. The van der Waals surface area contributed by atoms with Gasteiger partial charge in [0.15, 0.2) is 6.61 Å². The molecule has 3 aromatic rings. The molecule has 0 N–H and O–H groups in total. The Morgan fingerprint density at radius 3 is 2.17 bits per heavy atom. The number of benzene rings is 2. The standard InChI is InChI=1S/C34H41F4N5O5/c1-45-17-13-29(44)42-15-16-43-26(20-42)19-41(22-28(43)30(24-9-5-3-6-10-24)25-11-7-4-8-12-25)21-27-31(46-2)39-33(47-18-14-35)40-32(27)48-23-34(36,37)38/h3-12,26,28,30H,13-23H2,1-2H3. The van der Waals surface area contributed by atoms with Gasteiger partial charge in [0.25, 0.3) is 0 Å². The quantitative estimate of drug-likeness (QED) is 0.232. The van der Waals surface area contributed by atoms with Crippen molar-refractivity contribution in [3.8, 4) is 17.8 Å². The number of alkyl halides is 4. The number of carbonyl (C=O) groups excluding carboxylic acids is 1. The highest BCUT2D eigenvalue weighted by Gasteiger charge is 2.43. The van der Waals surface area contributed by atoms with Gasteiger partial charge in [-0.3, -0.25) is 14.6 Å². The Kier molecular flexibility index (Phi) is 12.1. The molecular formula is C34H41F4N5O5. The van der Waals surface area contributed by atoms with Crippen molar-refractivity contribution in [2.45, 2.75) is 37.1 Å². The van der Waals surface area contributed by atoms with E-state index in [0.717, 1.165) is 11.1 Å². The van der Waals surface area contributed by atoms with E-state index in [4.69, 9.17) is 18.9 Å². The summed E-state index contributed by atoms with van der Waals surface area (Å²) < 4.78 is 73.8. The van der Waals surface area contributed by atoms with Crippen LogP contribution in [-0.2, 0) is 16.1 Å². The van der Waals surface area contributed by atoms with E-state index < -0.39 is 19.5 Å². The summed E-state index contributed by atoms with van der Waals surface area (Å²) in [5.41, 5.74) is 2.45. The molecule has 0 saturated carbocycles. The molecule has 260 valence electrons. The molecule has 14 heteroatoms. The number of fused-ring (bicyclic) bond motifs is 1. The fourth-order valence-electron chi connectivity index (χ4n) is 6.58. The Bertz CT molecular complexity index is 1430. The van der Waals surface area contributed by atoms with Gasteiger partial charge in [-0.1, -0.05) is 60.7 Å². The topological polar surface area (TPSA) is 89.5 Å². The van der Waals surface area contributed by atoms with Gasteiger partial charge >= 0.3 is 12.2 Å². The van der Waals surface area contributed by atoms with Crippen molar-refractivity contribution in [2.75, 3.05) is 73.4 Å². The third kappa shape index (κ3) is 8.91. The van der Waals surface area contributed by atoms with Crippen molar-refractivity contribution in [3.63, 3.8) is 0 Å². The van der Waals surface area contributed by atoms with Crippen molar-refractivity contribution < 1.29 is 41.3 Å². The number of carbonyl (C=O) groups is 1. The molecule has 3 heterocycles. The molecule has 0 radical (unpaired) electrons. The van der Waals surface area contributed by atoms with Gasteiger partial charge in [-0.2, -0.15) is 23.1 Å². The lowest BCUT2D eigenvalue weighted by molar-refractivity contribution is -0.154. The van der Waals surface area contributed by atoms with Crippen LogP contribution in [0.4, 0.5) is 17.6 Å². The Labute approximate surface area is 277 Å². The summed E-state index contributed by atoms with van der Waals surface area (Å²) in [6.07, 6.45) is -4.36. The molecular weight excluding hydrogens is 634 g/mol. The molecule has 48 heavy (non-hydrogen) atoms. The molecule has 0 spiro atoms. The zero-order chi connectivity index (χ0) is 34.1. The van der Waals surface area contributed by atoms with E-state index in [1.165, 1.54) is 7.11 Å². The second-order valence-corrected chi connectivity index (χ2v) is 11.8. The van der Waals surface area contributed by atoms with Gasteiger partial charge in [0, 0.05) is 64.4 Å². The Hall–Kier alpha value is -4.01. The largest absolute Gasteiger partial charge is 0.481 e. The fraction of sp³-hybridized carbons (Fsp3) is 0.500. The lowest BCUT2D eigenvalue weighted by Crippen LogP contribution is -2.67. The lowest BCUT2D eigenvalue weighted by Gasteiger charge is -2.53. The first kappa shape index (κ1) is 35.3. The van der Waals surface area contributed by atoms with Gasteiger partial charge < -0.3 is 23.8 Å². The van der Waals surface area contributed by atoms with Crippen molar-refractivity contribution in [1.29, 1.82) is 0 Å². The highest BCUT2D eigenvalue weighted by Crippen LogP contribution is 2.38. The summed E-state index contributed by atoms with van der Waals surface area (Å²) in [6.45, 7) is 0.350. The second-order valence-electron chi connectivity index (χ2n) is 11.8. The van der Waals surface area contributed by atoms with Crippen LogP contribution in [0.3, 0.4) is 0 Å². The number of methoxy groups -OCH3 is 2. The highest BCUT2D eigenvalue weighted by molar-refractivity contribution is 5.76. The number of hydrogen-bond acceptors (Lipinski definition) is 9. The molecule has 2 unspecified atom stereocenters. The van der Waals surface area contributed by atoms with Gasteiger partial charge in [0.1, 0.15) is 13.3 Å². The number of hydrogen-bond donors (Lipinski definition) is 0. The van der Waals surface area contributed by atoms with Crippen LogP contribution in [0.25, 0.3) is 0 Å². The predicted molar refractivity (Wildman–Crippen MR) is 169 cm³/mol. The number of rotatable bonds is 14. The minimum absolute atomic E-state index is 0.00890. The average molecular weight is 676 g/mol. The van der Waals surface area contributed by atoms with Crippen LogP contribution < -0.4 is 14.2 Å². The van der Waals surface area contributed by atoms with Crippen LogP contribution in [-0.4, -0.2) is 122 Å². The molecule has 2 atom stereocenters. The van der Waals surface area contributed by atoms with Gasteiger partial charge in [-0.15, -0.1) is 0 Å². The molecule has 0 bridgehead atoms. The van der Waals surface area contributed by atoms with Crippen LogP contribution in [0, 0.1) is 0 Å². The smallest absolute Gasteiger partial charge is 0.422 e. The number of amides is 1. The molecule has 2 saturated heterocycles. The van der Waals surface area contributed by atoms with Crippen molar-refractivity contribution in [1.82, 2.24) is 24.7 Å². The molecule has 2 aliphatic heterocycles. The number of nitrogens with zero attached hydrogens (tertiary/aromatic N) is 5. The predicted octanol–water partition coefficient (Wildman–Crippen LogP) is 4.34. The van der Waals surface area contributed by atoms with Crippen LogP contribution >= 0.6 is 0 Å². The van der Waals surface area contributed by atoms with Crippen LogP contribution in [0.2, 0.25) is 0 Å². The summed E-state index contributed by atoms with van der Waals surface area (Å²) in [4.78, 5) is 27.8. The first-order chi connectivity index (χ1) is 23.2. The van der Waals surface area contributed by atoms with Gasteiger partial charge in [-0.05, 0) is 11.1 Å². The van der Waals surface area contributed by atoms with Gasteiger partial charge in [0.05, 0.1) is 25.7 Å². The normalized spacial score (nSPS) is 18.9. The molecule has 5 rings (SSSR count). The van der Waals surface area contributed by atoms with Gasteiger partial charge in [0.2, 0.25) is 17.7 Å². The summed E-state index contributed by atoms with van der Waals surface area (Å²) in [6, 6.07) is 19.9. The van der Waals surface area contributed by atoms with Crippen LogP contribution in [0.15, 0.2) is 60.7 Å². The molecule has 1 amide bonds. The van der Waals surface area contributed by atoms with E-state index in [1.54, 1.807) is 7.11 Å². The van der Waals surface area contributed by atoms with E-state index in [2.05, 4.69) is 44.0 Å². The first-order valence-electron chi connectivity index (χ1n) is 15.9.